The Bertz CT molecular complexity index is 1120. The first kappa shape index (κ1) is 18.0. The average Bonchev–Trinajstić information content (AvgIpc) is 3.24. The lowest BCUT2D eigenvalue weighted by Crippen LogP contribution is -2.34. The molecule has 0 amide bonds. The number of fused-ring (bicyclic) bond motifs is 1. The lowest BCUT2D eigenvalue weighted by molar-refractivity contribution is 0.198. The summed E-state index contributed by atoms with van der Waals surface area (Å²) in [4.78, 5) is 6.93. The zero-order valence-corrected chi connectivity index (χ0v) is 16.2. The molecule has 1 atom stereocenters. The molecule has 3 heterocycles. The molecule has 2 aromatic heterocycles. The third-order valence-electron chi connectivity index (χ3n) is 5.81. The number of nitrogens with zero attached hydrogens (tertiary/aromatic N) is 3. The molecule has 5 heteroatoms. The highest BCUT2D eigenvalue weighted by Gasteiger charge is 2.25. The van der Waals surface area contributed by atoms with Crippen LogP contribution in [0.4, 0.5) is 4.39 Å². The first-order valence-corrected chi connectivity index (χ1v) is 10.1. The third kappa shape index (κ3) is 3.78. The summed E-state index contributed by atoms with van der Waals surface area (Å²) in [5.41, 5.74) is 5.59. The summed E-state index contributed by atoms with van der Waals surface area (Å²) in [7, 11) is 0. The van der Waals surface area contributed by atoms with E-state index < -0.39 is 0 Å². The van der Waals surface area contributed by atoms with Crippen molar-refractivity contribution in [3.05, 3.63) is 84.1 Å². The fourth-order valence-electron chi connectivity index (χ4n) is 4.38. The molecule has 1 aliphatic heterocycles. The molecule has 2 aromatic carbocycles. The van der Waals surface area contributed by atoms with E-state index in [9.17, 15) is 4.39 Å². The van der Waals surface area contributed by atoms with E-state index in [2.05, 4.69) is 44.3 Å². The normalized spacial score (nSPS) is 17.6. The Kier molecular flexibility index (Phi) is 4.82. The number of piperidine rings is 1. The van der Waals surface area contributed by atoms with Gasteiger partial charge in [0.1, 0.15) is 5.82 Å². The number of likely N-dealkylation sites (tertiary alicyclic amines) is 1. The van der Waals surface area contributed by atoms with E-state index in [0.717, 1.165) is 54.8 Å². The van der Waals surface area contributed by atoms with Crippen LogP contribution in [0.2, 0.25) is 0 Å². The van der Waals surface area contributed by atoms with Gasteiger partial charge in [0.15, 0.2) is 0 Å². The van der Waals surface area contributed by atoms with Crippen molar-refractivity contribution in [3.8, 4) is 11.1 Å². The van der Waals surface area contributed by atoms with Crippen LogP contribution in [0.15, 0.2) is 67.0 Å². The molecular weight excluding hydrogens is 363 g/mol. The maximum Gasteiger partial charge on any atom is 0.123 e. The second-order valence-corrected chi connectivity index (χ2v) is 7.81. The SMILES string of the molecule is Fc1ccc(-c2cn[nH]c2C2CCCN(Cc3ccc4ncccc4c3)C2)cc1. The van der Waals surface area contributed by atoms with Gasteiger partial charge in [-0.2, -0.15) is 5.10 Å². The van der Waals surface area contributed by atoms with Crippen molar-refractivity contribution in [2.75, 3.05) is 13.1 Å². The van der Waals surface area contributed by atoms with Crippen molar-refractivity contribution in [1.29, 1.82) is 0 Å². The van der Waals surface area contributed by atoms with Crippen molar-refractivity contribution in [1.82, 2.24) is 20.1 Å². The Balaban J connectivity index is 1.34. The Hall–Kier alpha value is -3.05. The molecule has 0 spiro atoms. The molecule has 0 bridgehead atoms. The van der Waals surface area contributed by atoms with Crippen molar-refractivity contribution in [2.45, 2.75) is 25.3 Å². The van der Waals surface area contributed by atoms with Gasteiger partial charge in [-0.15, -0.1) is 0 Å². The van der Waals surface area contributed by atoms with Crippen molar-refractivity contribution >= 4 is 10.9 Å². The number of hydrogen-bond donors (Lipinski definition) is 1. The molecule has 0 radical (unpaired) electrons. The maximum absolute atomic E-state index is 13.3. The van der Waals surface area contributed by atoms with Gasteiger partial charge in [-0.1, -0.05) is 24.3 Å². The fraction of sp³-hybridized carbons (Fsp3) is 0.250. The molecule has 146 valence electrons. The molecule has 29 heavy (non-hydrogen) atoms. The predicted octanol–water partition coefficient (Wildman–Crippen LogP) is 5.14. The van der Waals surface area contributed by atoms with Crippen LogP contribution in [0.1, 0.15) is 30.0 Å². The Morgan fingerprint density at radius 2 is 2.00 bits per heavy atom. The fourth-order valence-corrected chi connectivity index (χ4v) is 4.38. The summed E-state index contributed by atoms with van der Waals surface area (Å²) in [6.45, 7) is 3.02. The molecule has 1 aliphatic rings. The molecule has 1 saturated heterocycles. The van der Waals surface area contributed by atoms with Crippen LogP contribution in [0.5, 0.6) is 0 Å². The second kappa shape index (κ2) is 7.76. The van der Waals surface area contributed by atoms with Gasteiger partial charge >= 0.3 is 0 Å². The van der Waals surface area contributed by atoms with Gasteiger partial charge in [0.25, 0.3) is 0 Å². The summed E-state index contributed by atoms with van der Waals surface area (Å²) in [5, 5.41) is 8.70. The van der Waals surface area contributed by atoms with Crippen LogP contribution in [0, 0.1) is 5.82 Å². The van der Waals surface area contributed by atoms with E-state index in [0.29, 0.717) is 5.92 Å². The van der Waals surface area contributed by atoms with E-state index in [1.807, 2.05) is 30.6 Å². The van der Waals surface area contributed by atoms with E-state index in [-0.39, 0.29) is 5.82 Å². The van der Waals surface area contributed by atoms with Gasteiger partial charge in [0, 0.05) is 41.8 Å². The summed E-state index contributed by atoms with van der Waals surface area (Å²) >= 11 is 0. The highest BCUT2D eigenvalue weighted by molar-refractivity contribution is 5.78. The van der Waals surface area contributed by atoms with E-state index in [1.165, 1.54) is 23.1 Å². The summed E-state index contributed by atoms with van der Waals surface area (Å²) in [6.07, 6.45) is 5.98. The molecule has 1 fully saturated rings. The largest absolute Gasteiger partial charge is 0.298 e. The zero-order valence-electron chi connectivity index (χ0n) is 16.2. The maximum atomic E-state index is 13.3. The minimum atomic E-state index is -0.215. The van der Waals surface area contributed by atoms with E-state index in [4.69, 9.17) is 0 Å². The Morgan fingerprint density at radius 1 is 1.10 bits per heavy atom. The highest BCUT2D eigenvalue weighted by atomic mass is 19.1. The molecular formula is C24H23FN4. The number of aromatic amines is 1. The summed E-state index contributed by atoms with van der Waals surface area (Å²) < 4.78 is 13.3. The predicted molar refractivity (Wildman–Crippen MR) is 113 cm³/mol. The summed E-state index contributed by atoms with van der Waals surface area (Å²) in [6, 6.07) is 17.3. The van der Waals surface area contributed by atoms with Gasteiger partial charge in [-0.25, -0.2) is 4.39 Å². The molecule has 5 rings (SSSR count). The molecule has 4 aromatic rings. The monoisotopic (exact) mass is 386 g/mol. The van der Waals surface area contributed by atoms with Gasteiger partial charge in [-0.3, -0.25) is 15.0 Å². The molecule has 0 aliphatic carbocycles. The first-order chi connectivity index (χ1) is 14.3. The van der Waals surface area contributed by atoms with E-state index >= 15 is 0 Å². The third-order valence-corrected chi connectivity index (χ3v) is 5.81. The standard InChI is InChI=1S/C24H23FN4/c25-21-8-6-18(7-9-21)22-14-27-28-24(22)20-4-2-12-29(16-20)15-17-5-10-23-19(13-17)3-1-11-26-23/h1,3,5-11,13-14,20H,2,4,12,15-16H2,(H,27,28). The average molecular weight is 386 g/mol. The number of aromatic nitrogens is 3. The number of pyridine rings is 1. The smallest absolute Gasteiger partial charge is 0.123 e. The van der Waals surface area contributed by atoms with Gasteiger partial charge in [-0.05, 0) is 60.8 Å². The molecule has 4 nitrogen and oxygen atoms in total. The number of benzene rings is 2. The molecule has 1 unspecified atom stereocenters. The highest BCUT2D eigenvalue weighted by Crippen LogP contribution is 2.33. The minimum Gasteiger partial charge on any atom is -0.298 e. The van der Waals surface area contributed by atoms with Gasteiger partial charge < -0.3 is 0 Å². The minimum absolute atomic E-state index is 0.215. The van der Waals surface area contributed by atoms with Crippen LogP contribution >= 0.6 is 0 Å². The molecule has 0 saturated carbocycles. The first-order valence-electron chi connectivity index (χ1n) is 10.1. The number of nitrogens with one attached hydrogen (secondary N) is 1. The van der Waals surface area contributed by atoms with Crippen molar-refractivity contribution < 1.29 is 4.39 Å². The number of H-pyrrole nitrogens is 1. The van der Waals surface area contributed by atoms with Crippen LogP contribution in [0.3, 0.4) is 0 Å². The van der Waals surface area contributed by atoms with Crippen molar-refractivity contribution in [2.24, 2.45) is 0 Å². The van der Waals surface area contributed by atoms with Crippen LogP contribution in [-0.4, -0.2) is 33.2 Å². The van der Waals surface area contributed by atoms with Crippen LogP contribution < -0.4 is 0 Å². The lowest BCUT2D eigenvalue weighted by atomic mass is 9.90. The second-order valence-electron chi connectivity index (χ2n) is 7.81. The van der Waals surface area contributed by atoms with Gasteiger partial charge in [0.2, 0.25) is 0 Å². The van der Waals surface area contributed by atoms with E-state index in [1.54, 1.807) is 0 Å². The number of halogens is 1. The number of hydrogen-bond acceptors (Lipinski definition) is 3. The topological polar surface area (TPSA) is 44.8 Å². The summed E-state index contributed by atoms with van der Waals surface area (Å²) in [5.74, 6) is 0.182. The Labute approximate surface area is 169 Å². The van der Waals surface area contributed by atoms with Crippen LogP contribution in [-0.2, 0) is 6.54 Å². The quantitative estimate of drug-likeness (QED) is 0.528. The molecule has 1 N–H and O–H groups in total. The zero-order chi connectivity index (χ0) is 19.6. The van der Waals surface area contributed by atoms with Crippen LogP contribution in [0.25, 0.3) is 22.0 Å². The number of rotatable bonds is 4. The van der Waals surface area contributed by atoms with Gasteiger partial charge in [0.05, 0.1) is 11.7 Å². The lowest BCUT2D eigenvalue weighted by Gasteiger charge is -2.32. The Morgan fingerprint density at radius 3 is 2.90 bits per heavy atom. The van der Waals surface area contributed by atoms with Crippen molar-refractivity contribution in [3.63, 3.8) is 0 Å².